The lowest BCUT2D eigenvalue weighted by molar-refractivity contribution is -0.117. The molecule has 0 saturated heterocycles. The molecule has 1 amide bonds. The Morgan fingerprint density at radius 1 is 1.70 bits per heavy atom. The second kappa shape index (κ2) is 4.79. The van der Waals surface area contributed by atoms with Gasteiger partial charge in [0.1, 0.15) is 0 Å². The second-order valence-corrected chi connectivity index (χ2v) is 1.94. The van der Waals surface area contributed by atoms with E-state index < -0.39 is 0 Å². The predicted molar refractivity (Wildman–Crippen MR) is 42.6 cm³/mol. The van der Waals surface area contributed by atoms with E-state index in [4.69, 9.17) is 0 Å². The number of carbonyl (C=O) groups is 1. The van der Waals surface area contributed by atoms with Gasteiger partial charge in [-0.05, 0) is 13.8 Å². The van der Waals surface area contributed by atoms with Gasteiger partial charge in [-0.1, -0.05) is 18.7 Å². The van der Waals surface area contributed by atoms with Gasteiger partial charge >= 0.3 is 0 Å². The quantitative estimate of drug-likeness (QED) is 0.463. The zero-order chi connectivity index (χ0) is 7.98. The van der Waals surface area contributed by atoms with E-state index in [-0.39, 0.29) is 5.91 Å². The zero-order valence-electron chi connectivity index (χ0n) is 6.48. The van der Waals surface area contributed by atoms with Gasteiger partial charge in [0.2, 0.25) is 5.91 Å². The van der Waals surface area contributed by atoms with Crippen LogP contribution < -0.4 is 5.32 Å². The molecule has 0 aliphatic heterocycles. The van der Waals surface area contributed by atoms with Crippen molar-refractivity contribution in [2.75, 3.05) is 6.54 Å². The number of rotatable bonds is 3. The van der Waals surface area contributed by atoms with E-state index in [2.05, 4.69) is 11.9 Å². The highest BCUT2D eigenvalue weighted by Gasteiger charge is 1.98. The van der Waals surface area contributed by atoms with E-state index in [1.807, 2.05) is 6.92 Å². The predicted octanol–water partition coefficient (Wildman–Crippen LogP) is 1.25. The minimum absolute atomic E-state index is 0.0256. The van der Waals surface area contributed by atoms with Gasteiger partial charge < -0.3 is 5.32 Å². The number of nitrogens with one attached hydrogen (secondary N) is 1. The van der Waals surface area contributed by atoms with E-state index in [9.17, 15) is 4.79 Å². The second-order valence-electron chi connectivity index (χ2n) is 1.94. The van der Waals surface area contributed by atoms with Crippen LogP contribution >= 0.6 is 0 Å². The summed E-state index contributed by atoms with van der Waals surface area (Å²) in [6.07, 6.45) is 3.29. The first-order valence-electron chi connectivity index (χ1n) is 3.30. The van der Waals surface area contributed by atoms with Crippen molar-refractivity contribution in [2.45, 2.75) is 13.8 Å². The van der Waals surface area contributed by atoms with Gasteiger partial charge in [0.25, 0.3) is 0 Å². The maximum absolute atomic E-state index is 10.9. The molecule has 0 fully saturated rings. The van der Waals surface area contributed by atoms with Crippen LogP contribution in [-0.4, -0.2) is 12.5 Å². The first-order chi connectivity index (χ1) is 4.72. The highest BCUT2D eigenvalue weighted by molar-refractivity contribution is 5.92. The Labute approximate surface area is 61.6 Å². The maximum Gasteiger partial charge on any atom is 0.246 e. The fourth-order valence-electron chi connectivity index (χ4n) is 0.552. The summed E-state index contributed by atoms with van der Waals surface area (Å²) in [6.45, 7) is 7.80. The summed E-state index contributed by atoms with van der Waals surface area (Å²) >= 11 is 0. The Hall–Kier alpha value is -1.05. The van der Waals surface area contributed by atoms with E-state index >= 15 is 0 Å². The third-order valence-corrected chi connectivity index (χ3v) is 1.06. The SMILES string of the molecule is C=C/C=C(\C)C(=O)NCC. The van der Waals surface area contributed by atoms with E-state index in [1.54, 1.807) is 19.1 Å². The normalized spacial score (nSPS) is 10.8. The average molecular weight is 139 g/mol. The van der Waals surface area contributed by atoms with Crippen molar-refractivity contribution in [3.63, 3.8) is 0 Å². The van der Waals surface area contributed by atoms with Crippen LogP contribution in [0.15, 0.2) is 24.3 Å². The van der Waals surface area contributed by atoms with Crippen molar-refractivity contribution in [3.8, 4) is 0 Å². The number of hydrogen-bond acceptors (Lipinski definition) is 1. The molecule has 0 radical (unpaired) electrons. The fraction of sp³-hybridized carbons (Fsp3) is 0.375. The molecule has 0 atom stereocenters. The van der Waals surface area contributed by atoms with Crippen molar-refractivity contribution >= 4 is 5.91 Å². The molecule has 10 heavy (non-hydrogen) atoms. The Balaban J connectivity index is 3.93. The zero-order valence-corrected chi connectivity index (χ0v) is 6.48. The lowest BCUT2D eigenvalue weighted by Crippen LogP contribution is -2.23. The molecule has 0 bridgehead atoms. The van der Waals surface area contributed by atoms with Crippen LogP contribution in [0.5, 0.6) is 0 Å². The topological polar surface area (TPSA) is 29.1 Å². The molecule has 1 N–H and O–H groups in total. The third-order valence-electron chi connectivity index (χ3n) is 1.06. The summed E-state index contributed by atoms with van der Waals surface area (Å²) in [4.78, 5) is 10.9. The van der Waals surface area contributed by atoms with Gasteiger partial charge in [0.15, 0.2) is 0 Å². The minimum atomic E-state index is -0.0256. The van der Waals surface area contributed by atoms with Gasteiger partial charge in [-0.3, -0.25) is 4.79 Å². The molecule has 0 aromatic carbocycles. The van der Waals surface area contributed by atoms with Gasteiger partial charge in [-0.15, -0.1) is 0 Å². The van der Waals surface area contributed by atoms with Crippen LogP contribution in [0.3, 0.4) is 0 Å². The number of amides is 1. The van der Waals surface area contributed by atoms with Crippen LogP contribution in [0, 0.1) is 0 Å². The third kappa shape index (κ3) is 3.07. The van der Waals surface area contributed by atoms with E-state index in [0.29, 0.717) is 12.1 Å². The van der Waals surface area contributed by atoms with Crippen molar-refractivity contribution in [2.24, 2.45) is 0 Å². The fourth-order valence-corrected chi connectivity index (χ4v) is 0.552. The Morgan fingerprint density at radius 3 is 2.70 bits per heavy atom. The van der Waals surface area contributed by atoms with E-state index in [1.165, 1.54) is 0 Å². The lowest BCUT2D eigenvalue weighted by atomic mass is 10.2. The van der Waals surface area contributed by atoms with Gasteiger partial charge in [0.05, 0.1) is 0 Å². The van der Waals surface area contributed by atoms with Gasteiger partial charge in [-0.2, -0.15) is 0 Å². The monoisotopic (exact) mass is 139 g/mol. The van der Waals surface area contributed by atoms with Crippen LogP contribution in [0.2, 0.25) is 0 Å². The summed E-state index contributed by atoms with van der Waals surface area (Å²) in [6, 6.07) is 0. The number of allylic oxidation sites excluding steroid dienone is 2. The maximum atomic E-state index is 10.9. The van der Waals surface area contributed by atoms with Crippen molar-refractivity contribution in [1.29, 1.82) is 0 Å². The number of carbonyl (C=O) groups excluding carboxylic acids is 1. The largest absolute Gasteiger partial charge is 0.353 e. The highest BCUT2D eigenvalue weighted by Crippen LogP contribution is 1.90. The Kier molecular flexibility index (Phi) is 4.29. The van der Waals surface area contributed by atoms with Crippen molar-refractivity contribution in [3.05, 3.63) is 24.3 Å². The molecule has 56 valence electrons. The number of hydrogen-bond donors (Lipinski definition) is 1. The van der Waals surface area contributed by atoms with Crippen LogP contribution in [-0.2, 0) is 4.79 Å². The van der Waals surface area contributed by atoms with Crippen molar-refractivity contribution < 1.29 is 4.79 Å². The first kappa shape index (κ1) is 8.95. The van der Waals surface area contributed by atoms with E-state index in [0.717, 1.165) is 0 Å². The lowest BCUT2D eigenvalue weighted by Gasteiger charge is -1.99. The van der Waals surface area contributed by atoms with Gasteiger partial charge in [-0.25, -0.2) is 0 Å². The summed E-state index contributed by atoms with van der Waals surface area (Å²) in [5.41, 5.74) is 0.692. The Bertz CT molecular complexity index is 159. The van der Waals surface area contributed by atoms with Crippen LogP contribution in [0.25, 0.3) is 0 Å². The molecule has 0 spiro atoms. The summed E-state index contributed by atoms with van der Waals surface area (Å²) in [7, 11) is 0. The van der Waals surface area contributed by atoms with Gasteiger partial charge in [0, 0.05) is 12.1 Å². The molecule has 0 aromatic rings. The molecule has 2 heteroatoms. The molecule has 2 nitrogen and oxygen atoms in total. The molecule has 0 heterocycles. The number of likely N-dealkylation sites (N-methyl/N-ethyl adjacent to an activating group) is 1. The highest BCUT2D eigenvalue weighted by atomic mass is 16.1. The molecule has 0 aliphatic carbocycles. The summed E-state index contributed by atoms with van der Waals surface area (Å²) < 4.78 is 0. The summed E-state index contributed by atoms with van der Waals surface area (Å²) in [5, 5.41) is 2.68. The molecular formula is C8H13NO. The molecule has 0 saturated carbocycles. The molecule has 0 aliphatic rings. The Morgan fingerprint density at radius 2 is 2.30 bits per heavy atom. The van der Waals surface area contributed by atoms with Crippen molar-refractivity contribution in [1.82, 2.24) is 5.32 Å². The molecular weight excluding hydrogens is 126 g/mol. The smallest absolute Gasteiger partial charge is 0.246 e. The molecule has 0 unspecified atom stereocenters. The van der Waals surface area contributed by atoms with Crippen LogP contribution in [0.1, 0.15) is 13.8 Å². The standard InChI is InChI=1S/C8H13NO/c1-4-6-7(3)8(10)9-5-2/h4,6H,1,5H2,2-3H3,(H,9,10)/b7-6+. The first-order valence-corrected chi connectivity index (χ1v) is 3.30. The minimum Gasteiger partial charge on any atom is -0.353 e. The average Bonchev–Trinajstić information content (AvgIpc) is 1.89. The molecule has 0 rings (SSSR count). The van der Waals surface area contributed by atoms with Crippen LogP contribution in [0.4, 0.5) is 0 Å². The molecule has 0 aromatic heterocycles. The summed E-state index contributed by atoms with van der Waals surface area (Å²) in [5.74, 6) is -0.0256.